The van der Waals surface area contributed by atoms with Gasteiger partial charge in [0.2, 0.25) is 11.8 Å². The van der Waals surface area contributed by atoms with Crippen molar-refractivity contribution in [1.29, 1.82) is 0 Å². The van der Waals surface area contributed by atoms with E-state index in [0.717, 1.165) is 16.7 Å². The molecular formula is C17H14N2O2. The van der Waals surface area contributed by atoms with E-state index in [2.05, 4.69) is 5.32 Å². The van der Waals surface area contributed by atoms with Gasteiger partial charge in [-0.25, -0.2) is 0 Å². The summed E-state index contributed by atoms with van der Waals surface area (Å²) in [5, 5.41) is 2.70. The molecule has 2 aromatic carbocycles. The van der Waals surface area contributed by atoms with Crippen LogP contribution in [0.4, 0.5) is 0 Å². The predicted molar refractivity (Wildman–Crippen MR) is 80.8 cm³/mol. The third kappa shape index (κ3) is 2.56. The number of nitrogens with one attached hydrogen (secondary N) is 1. The molecule has 0 atom stereocenters. The Morgan fingerprint density at radius 1 is 0.905 bits per heavy atom. The van der Waals surface area contributed by atoms with E-state index in [9.17, 15) is 9.59 Å². The number of carbonyl (C=O) groups is 2. The minimum Gasteiger partial charge on any atom is -0.366 e. The average molecular weight is 278 g/mol. The molecule has 2 amide bonds. The van der Waals surface area contributed by atoms with Gasteiger partial charge < -0.3 is 11.1 Å². The molecule has 3 N–H and O–H groups in total. The molecule has 0 saturated carbocycles. The molecule has 1 heterocycles. The van der Waals surface area contributed by atoms with Crippen LogP contribution in [0.3, 0.4) is 0 Å². The van der Waals surface area contributed by atoms with Crippen LogP contribution in [0.2, 0.25) is 0 Å². The second kappa shape index (κ2) is 5.25. The van der Waals surface area contributed by atoms with Crippen molar-refractivity contribution >= 4 is 17.5 Å². The van der Waals surface area contributed by atoms with Gasteiger partial charge in [-0.3, -0.25) is 9.59 Å². The smallest absolute Gasteiger partial charge is 0.247 e. The van der Waals surface area contributed by atoms with Crippen molar-refractivity contribution in [2.75, 3.05) is 0 Å². The van der Waals surface area contributed by atoms with Crippen LogP contribution in [0.25, 0.3) is 16.8 Å². The molecule has 3 rings (SSSR count). The fourth-order valence-electron chi connectivity index (χ4n) is 2.42. The summed E-state index contributed by atoms with van der Waals surface area (Å²) in [6, 6.07) is 17.7. The van der Waals surface area contributed by atoms with Crippen molar-refractivity contribution in [3.05, 3.63) is 65.7 Å². The lowest BCUT2D eigenvalue weighted by molar-refractivity contribution is -0.120. The maximum absolute atomic E-state index is 11.5. The van der Waals surface area contributed by atoms with Crippen molar-refractivity contribution in [3.63, 3.8) is 0 Å². The van der Waals surface area contributed by atoms with Gasteiger partial charge in [-0.15, -0.1) is 0 Å². The number of primary amides is 1. The van der Waals surface area contributed by atoms with Crippen molar-refractivity contribution < 1.29 is 9.59 Å². The number of amides is 2. The van der Waals surface area contributed by atoms with Crippen LogP contribution >= 0.6 is 0 Å². The number of benzene rings is 2. The summed E-state index contributed by atoms with van der Waals surface area (Å²) in [6.45, 7) is 0. The summed E-state index contributed by atoms with van der Waals surface area (Å²) >= 11 is 0. The molecule has 0 bridgehead atoms. The van der Waals surface area contributed by atoms with Gasteiger partial charge in [-0.2, -0.15) is 0 Å². The van der Waals surface area contributed by atoms with Gasteiger partial charge >= 0.3 is 0 Å². The molecule has 21 heavy (non-hydrogen) atoms. The molecule has 0 saturated heterocycles. The van der Waals surface area contributed by atoms with Gasteiger partial charge in [0.15, 0.2) is 0 Å². The SMILES string of the molecule is NC(=O)C1=C(c2ccc(-c3ccccc3)cc2)NC(=O)C1. The Morgan fingerprint density at radius 3 is 2.10 bits per heavy atom. The summed E-state index contributed by atoms with van der Waals surface area (Å²) < 4.78 is 0. The Kier molecular flexibility index (Phi) is 3.28. The number of hydrogen-bond donors (Lipinski definition) is 2. The lowest BCUT2D eigenvalue weighted by Gasteiger charge is -2.07. The third-order valence-electron chi connectivity index (χ3n) is 3.48. The van der Waals surface area contributed by atoms with E-state index in [0.29, 0.717) is 11.3 Å². The van der Waals surface area contributed by atoms with E-state index >= 15 is 0 Å². The Bertz CT molecular complexity index is 731. The van der Waals surface area contributed by atoms with E-state index in [-0.39, 0.29) is 12.3 Å². The van der Waals surface area contributed by atoms with E-state index in [4.69, 9.17) is 5.73 Å². The number of nitrogens with two attached hydrogens (primary N) is 1. The highest BCUT2D eigenvalue weighted by Gasteiger charge is 2.25. The monoisotopic (exact) mass is 278 g/mol. The fourth-order valence-corrected chi connectivity index (χ4v) is 2.42. The van der Waals surface area contributed by atoms with Gasteiger partial charge in [-0.1, -0.05) is 54.6 Å². The first kappa shape index (κ1) is 13.1. The Morgan fingerprint density at radius 2 is 1.48 bits per heavy atom. The number of carbonyl (C=O) groups excluding carboxylic acids is 2. The lowest BCUT2D eigenvalue weighted by atomic mass is 10.0. The number of hydrogen-bond acceptors (Lipinski definition) is 2. The maximum atomic E-state index is 11.5. The molecule has 104 valence electrons. The Hall–Kier alpha value is -2.88. The van der Waals surface area contributed by atoms with Gasteiger partial charge in [0.25, 0.3) is 0 Å². The molecule has 0 radical (unpaired) electrons. The normalized spacial score (nSPS) is 14.2. The first-order chi connectivity index (χ1) is 10.1. The standard InChI is InChI=1S/C17H14N2O2/c18-17(21)14-10-15(20)19-16(14)13-8-6-12(7-9-13)11-4-2-1-3-5-11/h1-9H,10H2,(H2,18,21)(H,19,20). The average Bonchev–Trinajstić information content (AvgIpc) is 2.91. The summed E-state index contributed by atoms with van der Waals surface area (Å²) in [6.07, 6.45) is 0.0467. The number of rotatable bonds is 3. The second-order valence-corrected chi connectivity index (χ2v) is 4.89. The first-order valence-corrected chi connectivity index (χ1v) is 6.64. The highest BCUT2D eigenvalue weighted by Crippen LogP contribution is 2.26. The first-order valence-electron chi connectivity index (χ1n) is 6.64. The second-order valence-electron chi connectivity index (χ2n) is 4.89. The van der Waals surface area contributed by atoms with Gasteiger partial charge in [-0.05, 0) is 16.7 Å². The molecule has 4 heteroatoms. The topological polar surface area (TPSA) is 72.2 Å². The lowest BCUT2D eigenvalue weighted by Crippen LogP contribution is -2.14. The molecule has 4 nitrogen and oxygen atoms in total. The summed E-state index contributed by atoms with van der Waals surface area (Å²) in [5.74, 6) is -0.763. The van der Waals surface area contributed by atoms with Crippen LogP contribution in [0, 0.1) is 0 Å². The molecule has 0 aliphatic carbocycles. The predicted octanol–water partition coefficient (Wildman–Crippen LogP) is 2.07. The van der Waals surface area contributed by atoms with Crippen LogP contribution in [0.5, 0.6) is 0 Å². The van der Waals surface area contributed by atoms with Crippen LogP contribution < -0.4 is 11.1 Å². The van der Waals surface area contributed by atoms with Crippen LogP contribution in [0.15, 0.2) is 60.2 Å². The Balaban J connectivity index is 1.96. The molecule has 0 spiro atoms. The van der Waals surface area contributed by atoms with E-state index in [1.54, 1.807) is 0 Å². The van der Waals surface area contributed by atoms with Crippen LogP contribution in [0.1, 0.15) is 12.0 Å². The summed E-state index contributed by atoms with van der Waals surface area (Å²) in [4.78, 5) is 22.9. The Labute approximate surface area is 122 Å². The largest absolute Gasteiger partial charge is 0.366 e. The van der Waals surface area contributed by atoms with Gasteiger partial charge in [0, 0.05) is 0 Å². The molecule has 0 aromatic heterocycles. The van der Waals surface area contributed by atoms with E-state index in [1.807, 2.05) is 54.6 Å². The zero-order valence-corrected chi connectivity index (χ0v) is 11.3. The zero-order valence-electron chi connectivity index (χ0n) is 11.3. The molecular weight excluding hydrogens is 264 g/mol. The van der Waals surface area contributed by atoms with Crippen LogP contribution in [-0.4, -0.2) is 11.8 Å². The minimum atomic E-state index is -0.560. The van der Waals surface area contributed by atoms with Crippen molar-refractivity contribution in [3.8, 4) is 11.1 Å². The van der Waals surface area contributed by atoms with Crippen LogP contribution in [-0.2, 0) is 9.59 Å². The van der Waals surface area contributed by atoms with Crippen molar-refractivity contribution in [1.82, 2.24) is 5.32 Å². The minimum absolute atomic E-state index is 0.0467. The van der Waals surface area contributed by atoms with Crippen molar-refractivity contribution in [2.45, 2.75) is 6.42 Å². The molecule has 1 aliphatic rings. The van der Waals surface area contributed by atoms with Gasteiger partial charge in [0.05, 0.1) is 17.7 Å². The molecule has 1 aliphatic heterocycles. The molecule has 2 aromatic rings. The third-order valence-corrected chi connectivity index (χ3v) is 3.48. The fraction of sp³-hybridized carbons (Fsp3) is 0.0588. The van der Waals surface area contributed by atoms with Crippen molar-refractivity contribution in [2.24, 2.45) is 5.73 Å². The summed E-state index contributed by atoms with van der Waals surface area (Å²) in [7, 11) is 0. The summed E-state index contributed by atoms with van der Waals surface area (Å²) in [5.41, 5.74) is 9.16. The van der Waals surface area contributed by atoms with Gasteiger partial charge in [0.1, 0.15) is 0 Å². The highest BCUT2D eigenvalue weighted by molar-refractivity contribution is 6.10. The van der Waals surface area contributed by atoms with E-state index < -0.39 is 5.91 Å². The molecule has 0 fully saturated rings. The maximum Gasteiger partial charge on any atom is 0.247 e. The highest BCUT2D eigenvalue weighted by atomic mass is 16.2. The van der Waals surface area contributed by atoms with E-state index in [1.165, 1.54) is 0 Å². The zero-order chi connectivity index (χ0) is 14.8. The molecule has 0 unspecified atom stereocenters. The quantitative estimate of drug-likeness (QED) is 0.902.